The van der Waals surface area contributed by atoms with Gasteiger partial charge in [-0.05, 0) is 38.7 Å². The predicted molar refractivity (Wildman–Crippen MR) is 90.0 cm³/mol. The topological polar surface area (TPSA) is 72.7 Å². The van der Waals surface area contributed by atoms with Crippen molar-refractivity contribution in [1.29, 1.82) is 0 Å². The summed E-state index contributed by atoms with van der Waals surface area (Å²) in [6.45, 7) is 4.13. The predicted octanol–water partition coefficient (Wildman–Crippen LogP) is 3.21. The van der Waals surface area contributed by atoms with Crippen LogP contribution in [0, 0.1) is 0 Å². The van der Waals surface area contributed by atoms with Gasteiger partial charge in [0.2, 0.25) is 0 Å². The molecule has 3 aromatic heterocycles. The van der Waals surface area contributed by atoms with E-state index in [9.17, 15) is 4.79 Å². The van der Waals surface area contributed by atoms with Crippen molar-refractivity contribution in [3.63, 3.8) is 0 Å². The number of hydrogen-bond donors (Lipinski definition) is 1. The molecule has 0 saturated heterocycles. The lowest BCUT2D eigenvalue weighted by molar-refractivity contribution is 0.102. The highest BCUT2D eigenvalue weighted by Gasteiger charge is 2.26. The molecule has 0 bridgehead atoms. The van der Waals surface area contributed by atoms with Gasteiger partial charge >= 0.3 is 0 Å². The van der Waals surface area contributed by atoms with Gasteiger partial charge in [0.25, 0.3) is 5.91 Å². The van der Waals surface area contributed by atoms with Crippen molar-refractivity contribution >= 4 is 33.4 Å². The summed E-state index contributed by atoms with van der Waals surface area (Å²) in [5.41, 5.74) is 3.61. The first-order valence-electron chi connectivity index (χ1n) is 7.75. The van der Waals surface area contributed by atoms with Crippen molar-refractivity contribution in [2.45, 2.75) is 39.2 Å². The number of aromatic nitrogens is 4. The number of nitrogens with one attached hydrogen (secondary N) is 1. The average molecular weight is 327 g/mol. The highest BCUT2D eigenvalue weighted by atomic mass is 32.1. The number of hydrogen-bond acceptors (Lipinski definition) is 5. The van der Waals surface area contributed by atoms with Crippen molar-refractivity contribution in [3.05, 3.63) is 34.6 Å². The number of thiazole rings is 1. The van der Waals surface area contributed by atoms with Crippen molar-refractivity contribution in [2.75, 3.05) is 5.32 Å². The zero-order valence-corrected chi connectivity index (χ0v) is 13.9. The summed E-state index contributed by atoms with van der Waals surface area (Å²) in [6.07, 6.45) is 6.31. The van der Waals surface area contributed by atoms with E-state index in [-0.39, 0.29) is 11.9 Å². The Balaban J connectivity index is 1.88. The van der Waals surface area contributed by atoms with E-state index in [0.717, 1.165) is 41.6 Å². The minimum absolute atomic E-state index is 0.117. The third kappa shape index (κ3) is 2.31. The van der Waals surface area contributed by atoms with Crippen LogP contribution in [0.1, 0.15) is 47.9 Å². The molecule has 3 heterocycles. The van der Waals surface area contributed by atoms with Gasteiger partial charge in [-0.2, -0.15) is 5.10 Å². The monoisotopic (exact) mass is 327 g/mol. The Hall–Kier alpha value is -2.28. The molecule has 0 aromatic carbocycles. The second-order valence-electron chi connectivity index (χ2n) is 5.98. The SMILES string of the molecule is CC(C)n1ncc2c(C(=O)Nc3nccs3)c3c(nc21)CCC3. The Kier molecular flexibility index (Phi) is 3.37. The maximum Gasteiger partial charge on any atom is 0.258 e. The Bertz CT molecular complexity index is 882. The summed E-state index contributed by atoms with van der Waals surface area (Å²) in [5, 5.41) is 10.6. The van der Waals surface area contributed by atoms with Gasteiger partial charge < -0.3 is 0 Å². The lowest BCUT2D eigenvalue weighted by Gasteiger charge is -2.11. The fourth-order valence-corrected chi connectivity index (χ4v) is 3.66. The molecule has 0 unspecified atom stereocenters. The first kappa shape index (κ1) is 14.3. The normalized spacial score (nSPS) is 13.7. The van der Waals surface area contributed by atoms with Crippen LogP contribution in [0.4, 0.5) is 5.13 Å². The van der Waals surface area contributed by atoms with Crippen LogP contribution < -0.4 is 5.32 Å². The molecule has 1 aliphatic rings. The molecule has 1 aliphatic carbocycles. The Morgan fingerprint density at radius 1 is 1.39 bits per heavy atom. The smallest absolute Gasteiger partial charge is 0.258 e. The number of carbonyl (C=O) groups is 1. The van der Waals surface area contributed by atoms with Gasteiger partial charge in [0.15, 0.2) is 10.8 Å². The van der Waals surface area contributed by atoms with Crippen LogP contribution >= 0.6 is 11.3 Å². The van der Waals surface area contributed by atoms with Crippen molar-refractivity contribution in [1.82, 2.24) is 19.7 Å². The Labute approximate surface area is 137 Å². The number of nitrogens with zero attached hydrogens (tertiary/aromatic N) is 4. The molecule has 0 saturated carbocycles. The molecule has 4 rings (SSSR count). The molecular weight excluding hydrogens is 310 g/mol. The van der Waals surface area contributed by atoms with Gasteiger partial charge in [0, 0.05) is 23.3 Å². The fourth-order valence-electron chi connectivity index (χ4n) is 3.14. The second-order valence-corrected chi connectivity index (χ2v) is 6.87. The van der Waals surface area contributed by atoms with E-state index in [1.165, 1.54) is 11.3 Å². The number of carbonyl (C=O) groups excluding carboxylic acids is 1. The summed E-state index contributed by atoms with van der Waals surface area (Å²) in [7, 11) is 0. The first-order valence-corrected chi connectivity index (χ1v) is 8.63. The lowest BCUT2D eigenvalue weighted by Crippen LogP contribution is -2.16. The van der Waals surface area contributed by atoms with Gasteiger partial charge in [-0.25, -0.2) is 14.6 Å². The van der Waals surface area contributed by atoms with Crippen molar-refractivity contribution in [3.8, 4) is 0 Å². The number of rotatable bonds is 3. The molecule has 0 radical (unpaired) electrons. The van der Waals surface area contributed by atoms with E-state index >= 15 is 0 Å². The standard InChI is InChI=1S/C16H17N5OS/c1-9(2)21-14-11(8-18-21)13(10-4-3-5-12(10)19-14)15(22)20-16-17-6-7-23-16/h6-9H,3-5H2,1-2H3,(H,17,20,22). The minimum Gasteiger partial charge on any atom is -0.298 e. The van der Waals surface area contributed by atoms with E-state index < -0.39 is 0 Å². The van der Waals surface area contributed by atoms with Gasteiger partial charge in [-0.15, -0.1) is 11.3 Å². The summed E-state index contributed by atoms with van der Waals surface area (Å²) < 4.78 is 1.88. The molecule has 0 atom stereocenters. The lowest BCUT2D eigenvalue weighted by atomic mass is 10.0. The molecular formula is C16H17N5OS. The summed E-state index contributed by atoms with van der Waals surface area (Å²) in [5.74, 6) is -0.117. The quantitative estimate of drug-likeness (QED) is 0.802. The maximum atomic E-state index is 12.9. The molecule has 6 nitrogen and oxygen atoms in total. The van der Waals surface area contributed by atoms with Crippen LogP contribution in [0.25, 0.3) is 11.0 Å². The average Bonchev–Trinajstić information content (AvgIpc) is 3.23. The highest BCUT2D eigenvalue weighted by Crippen LogP contribution is 2.31. The van der Waals surface area contributed by atoms with E-state index in [0.29, 0.717) is 10.7 Å². The van der Waals surface area contributed by atoms with E-state index in [1.54, 1.807) is 12.4 Å². The van der Waals surface area contributed by atoms with Crippen LogP contribution in [-0.4, -0.2) is 25.7 Å². The van der Waals surface area contributed by atoms with Crippen LogP contribution in [0.3, 0.4) is 0 Å². The van der Waals surface area contributed by atoms with Crippen LogP contribution in [0.15, 0.2) is 17.8 Å². The molecule has 1 N–H and O–H groups in total. The van der Waals surface area contributed by atoms with Crippen molar-refractivity contribution < 1.29 is 4.79 Å². The number of aryl methyl sites for hydroxylation is 1. The number of anilines is 1. The number of pyridine rings is 1. The van der Waals surface area contributed by atoms with Crippen LogP contribution in [0.2, 0.25) is 0 Å². The van der Waals surface area contributed by atoms with E-state index in [2.05, 4.69) is 29.2 Å². The van der Waals surface area contributed by atoms with Gasteiger partial charge in [0.05, 0.1) is 17.1 Å². The van der Waals surface area contributed by atoms with Gasteiger partial charge in [-0.1, -0.05) is 0 Å². The fraction of sp³-hybridized carbons (Fsp3) is 0.375. The van der Waals surface area contributed by atoms with Crippen LogP contribution in [0.5, 0.6) is 0 Å². The Morgan fingerprint density at radius 3 is 3.00 bits per heavy atom. The molecule has 118 valence electrons. The second kappa shape index (κ2) is 5.42. The first-order chi connectivity index (χ1) is 11.1. The van der Waals surface area contributed by atoms with E-state index in [4.69, 9.17) is 4.98 Å². The third-order valence-corrected chi connectivity index (χ3v) is 4.83. The third-order valence-electron chi connectivity index (χ3n) is 4.14. The molecule has 0 aliphatic heterocycles. The molecule has 7 heteroatoms. The summed E-state index contributed by atoms with van der Waals surface area (Å²) in [4.78, 5) is 21.8. The molecule has 1 amide bonds. The Morgan fingerprint density at radius 2 is 2.26 bits per heavy atom. The zero-order chi connectivity index (χ0) is 16.0. The number of fused-ring (bicyclic) bond motifs is 2. The molecule has 0 spiro atoms. The summed E-state index contributed by atoms with van der Waals surface area (Å²) >= 11 is 1.42. The van der Waals surface area contributed by atoms with Crippen LogP contribution in [-0.2, 0) is 12.8 Å². The largest absolute Gasteiger partial charge is 0.298 e. The zero-order valence-electron chi connectivity index (χ0n) is 13.0. The number of amides is 1. The highest BCUT2D eigenvalue weighted by molar-refractivity contribution is 7.13. The molecule has 23 heavy (non-hydrogen) atoms. The van der Waals surface area contributed by atoms with Gasteiger partial charge in [-0.3, -0.25) is 10.1 Å². The molecule has 3 aromatic rings. The van der Waals surface area contributed by atoms with E-state index in [1.807, 2.05) is 10.1 Å². The summed E-state index contributed by atoms with van der Waals surface area (Å²) in [6, 6.07) is 0.203. The van der Waals surface area contributed by atoms with Crippen molar-refractivity contribution in [2.24, 2.45) is 0 Å². The minimum atomic E-state index is -0.117. The molecule has 0 fully saturated rings. The maximum absolute atomic E-state index is 12.9. The van der Waals surface area contributed by atoms with Gasteiger partial charge in [0.1, 0.15) is 0 Å².